The van der Waals surface area contributed by atoms with Crippen molar-refractivity contribution in [1.82, 2.24) is 0 Å². The standard InChI is InChI=1S/C60H36O/c1-2-18-42-37(15-1)30-33-53-58(42)47-22-8-12-26-51(47)60(53)50-25-11-7-21-45(50)46-32-29-38(35-54(46)60)40-16-3-4-17-41(40)39-31-34-57-55(36-39)59(52-27-13-14-28-56(52)61-57)48-23-9-5-19-43(48)44-20-6-10-24-49(44)59/h1-36H. The van der Waals surface area contributed by atoms with Gasteiger partial charge in [-0.25, -0.2) is 0 Å². The second kappa shape index (κ2) is 11.9. The molecular weight excluding hydrogens is 737 g/mol. The average molecular weight is 773 g/mol. The van der Waals surface area contributed by atoms with E-state index < -0.39 is 10.8 Å². The first-order valence-electron chi connectivity index (χ1n) is 21.3. The van der Waals surface area contributed by atoms with Crippen LogP contribution in [0.4, 0.5) is 0 Å². The summed E-state index contributed by atoms with van der Waals surface area (Å²) in [6.45, 7) is 0. The molecule has 2 spiro atoms. The Hall–Kier alpha value is -7.74. The van der Waals surface area contributed by atoms with E-state index in [0.717, 1.165) is 11.5 Å². The minimum absolute atomic E-state index is 0.445. The first-order chi connectivity index (χ1) is 30.3. The molecule has 1 heterocycles. The number of ether oxygens (including phenoxy) is 1. The van der Waals surface area contributed by atoms with Crippen LogP contribution >= 0.6 is 0 Å². The van der Waals surface area contributed by atoms with Crippen molar-refractivity contribution < 1.29 is 4.74 Å². The van der Waals surface area contributed by atoms with Gasteiger partial charge in [0.25, 0.3) is 0 Å². The number of benzene rings is 10. The van der Waals surface area contributed by atoms with Crippen molar-refractivity contribution in [3.05, 3.63) is 263 Å². The zero-order valence-corrected chi connectivity index (χ0v) is 33.2. The summed E-state index contributed by atoms with van der Waals surface area (Å²) in [5.74, 6) is 1.81. The molecule has 10 aromatic rings. The van der Waals surface area contributed by atoms with Crippen LogP contribution in [0.3, 0.4) is 0 Å². The summed E-state index contributed by atoms with van der Waals surface area (Å²) in [6.07, 6.45) is 0. The van der Waals surface area contributed by atoms with Gasteiger partial charge in [-0.2, -0.15) is 0 Å². The van der Waals surface area contributed by atoms with Crippen LogP contribution in [-0.2, 0) is 10.8 Å². The Morgan fingerprint density at radius 1 is 0.262 bits per heavy atom. The number of hydrogen-bond donors (Lipinski definition) is 0. The fourth-order valence-electron chi connectivity index (χ4n) is 12.1. The van der Waals surface area contributed by atoms with Crippen LogP contribution in [-0.4, -0.2) is 0 Å². The molecule has 1 nitrogen and oxygen atoms in total. The Kier molecular flexibility index (Phi) is 6.48. The van der Waals surface area contributed by atoms with Crippen molar-refractivity contribution in [3.8, 4) is 67.1 Å². The van der Waals surface area contributed by atoms with E-state index in [0.29, 0.717) is 0 Å². The molecule has 1 atom stereocenters. The van der Waals surface area contributed by atoms with Gasteiger partial charge in [-0.05, 0) is 124 Å². The van der Waals surface area contributed by atoms with Gasteiger partial charge >= 0.3 is 0 Å². The van der Waals surface area contributed by atoms with Gasteiger partial charge in [0, 0.05) is 11.1 Å². The summed E-state index contributed by atoms with van der Waals surface area (Å²) in [5.41, 5.74) is 22.0. The maximum atomic E-state index is 6.82. The van der Waals surface area contributed by atoms with Crippen molar-refractivity contribution in [2.75, 3.05) is 0 Å². The lowest BCUT2D eigenvalue weighted by Gasteiger charge is -2.39. The van der Waals surface area contributed by atoms with Crippen molar-refractivity contribution in [3.63, 3.8) is 0 Å². The highest BCUT2D eigenvalue weighted by molar-refractivity contribution is 6.06. The number of fused-ring (bicyclic) bond motifs is 21. The van der Waals surface area contributed by atoms with E-state index in [1.807, 2.05) is 0 Å². The quantitative estimate of drug-likeness (QED) is 0.170. The van der Waals surface area contributed by atoms with Crippen LogP contribution < -0.4 is 4.74 Å². The zero-order valence-electron chi connectivity index (χ0n) is 33.2. The Balaban J connectivity index is 1.00. The molecule has 0 fully saturated rings. The van der Waals surface area contributed by atoms with Crippen LogP contribution in [0.15, 0.2) is 218 Å². The molecule has 1 aliphatic heterocycles. The van der Waals surface area contributed by atoms with E-state index in [4.69, 9.17) is 4.74 Å². The van der Waals surface area contributed by atoms with Gasteiger partial charge < -0.3 is 4.74 Å². The van der Waals surface area contributed by atoms with Crippen molar-refractivity contribution in [2.24, 2.45) is 0 Å². The maximum Gasteiger partial charge on any atom is 0.132 e. The smallest absolute Gasteiger partial charge is 0.132 e. The molecule has 0 radical (unpaired) electrons. The minimum atomic E-state index is -0.526. The molecular formula is C60H36O. The normalized spacial score (nSPS) is 16.2. The Labute approximate surface area is 354 Å². The van der Waals surface area contributed by atoms with E-state index in [-0.39, 0.29) is 0 Å². The Morgan fingerprint density at radius 2 is 0.705 bits per heavy atom. The van der Waals surface area contributed by atoms with Gasteiger partial charge in [-0.15, -0.1) is 0 Å². The van der Waals surface area contributed by atoms with Crippen LogP contribution in [0, 0.1) is 0 Å². The highest BCUT2D eigenvalue weighted by Crippen LogP contribution is 2.65. The number of para-hydroxylation sites is 1. The highest BCUT2D eigenvalue weighted by atomic mass is 16.5. The van der Waals surface area contributed by atoms with E-state index in [2.05, 4.69) is 218 Å². The number of hydrogen-bond acceptors (Lipinski definition) is 1. The van der Waals surface area contributed by atoms with Gasteiger partial charge in [0.15, 0.2) is 0 Å². The molecule has 0 aromatic heterocycles. The predicted octanol–water partition coefficient (Wildman–Crippen LogP) is 15.0. The lowest BCUT2D eigenvalue weighted by atomic mass is 9.65. The molecule has 1 unspecified atom stereocenters. The lowest BCUT2D eigenvalue weighted by Crippen LogP contribution is -2.32. The largest absolute Gasteiger partial charge is 0.457 e. The average Bonchev–Trinajstić information content (AvgIpc) is 3.92. The van der Waals surface area contributed by atoms with Gasteiger partial charge in [-0.3, -0.25) is 0 Å². The third-order valence-electron chi connectivity index (χ3n) is 14.4. The Bertz CT molecular complexity index is 3490. The molecule has 3 aliphatic carbocycles. The Morgan fingerprint density at radius 3 is 1.36 bits per heavy atom. The summed E-state index contributed by atoms with van der Waals surface area (Å²) in [5, 5.41) is 2.58. The van der Waals surface area contributed by atoms with Crippen LogP contribution in [0.2, 0.25) is 0 Å². The van der Waals surface area contributed by atoms with Crippen LogP contribution in [0.25, 0.3) is 66.4 Å². The second-order valence-corrected chi connectivity index (χ2v) is 17.0. The van der Waals surface area contributed by atoms with Crippen molar-refractivity contribution >= 4 is 10.8 Å². The lowest BCUT2D eigenvalue weighted by molar-refractivity contribution is 0.436. The van der Waals surface area contributed by atoms with Crippen LogP contribution in [0.1, 0.15) is 44.5 Å². The summed E-state index contributed by atoms with van der Waals surface area (Å²) in [6, 6.07) is 81.4. The summed E-state index contributed by atoms with van der Waals surface area (Å²) in [7, 11) is 0. The van der Waals surface area contributed by atoms with Crippen molar-refractivity contribution in [1.29, 1.82) is 0 Å². The highest BCUT2D eigenvalue weighted by Gasteiger charge is 2.53. The van der Waals surface area contributed by atoms with E-state index in [1.165, 1.54) is 111 Å². The molecule has 0 bridgehead atoms. The van der Waals surface area contributed by atoms with Gasteiger partial charge in [-0.1, -0.05) is 194 Å². The molecule has 1 heteroatoms. The van der Waals surface area contributed by atoms with Crippen LogP contribution in [0.5, 0.6) is 11.5 Å². The molecule has 0 saturated carbocycles. The maximum absolute atomic E-state index is 6.82. The monoisotopic (exact) mass is 772 g/mol. The second-order valence-electron chi connectivity index (χ2n) is 17.0. The fraction of sp³-hybridized carbons (Fsp3) is 0.0333. The first-order valence-corrected chi connectivity index (χ1v) is 21.3. The first kappa shape index (κ1) is 33.1. The van der Waals surface area contributed by atoms with Gasteiger partial charge in [0.05, 0.1) is 10.8 Å². The molecule has 14 rings (SSSR count). The molecule has 0 saturated heterocycles. The van der Waals surface area contributed by atoms with E-state index in [9.17, 15) is 0 Å². The third-order valence-corrected chi connectivity index (χ3v) is 14.4. The minimum Gasteiger partial charge on any atom is -0.457 e. The van der Waals surface area contributed by atoms with E-state index >= 15 is 0 Å². The summed E-state index contributed by atoms with van der Waals surface area (Å²) >= 11 is 0. The van der Waals surface area contributed by atoms with Gasteiger partial charge in [0.2, 0.25) is 0 Å². The van der Waals surface area contributed by atoms with E-state index in [1.54, 1.807) is 0 Å². The molecule has 282 valence electrons. The molecule has 10 aromatic carbocycles. The molecule has 0 N–H and O–H groups in total. The summed E-state index contributed by atoms with van der Waals surface area (Å²) in [4.78, 5) is 0. The van der Waals surface area contributed by atoms with Gasteiger partial charge in [0.1, 0.15) is 11.5 Å². The zero-order chi connectivity index (χ0) is 39.9. The summed E-state index contributed by atoms with van der Waals surface area (Å²) < 4.78 is 6.82. The van der Waals surface area contributed by atoms with Crippen molar-refractivity contribution in [2.45, 2.75) is 10.8 Å². The molecule has 4 aliphatic rings. The molecule has 61 heavy (non-hydrogen) atoms. The number of rotatable bonds is 2. The SMILES string of the molecule is c1ccc2c(c1)Oc1ccc(-c3ccccc3-c3ccc4c(c3)C3(c5ccccc5-4)c4ccccc4-c4c3ccc3ccccc43)cc1C21c2ccccc2-c2ccccc21. The molecule has 0 amide bonds. The topological polar surface area (TPSA) is 9.23 Å². The predicted molar refractivity (Wildman–Crippen MR) is 248 cm³/mol. The third kappa shape index (κ3) is 4.06. The fourth-order valence-corrected chi connectivity index (χ4v) is 12.1.